The monoisotopic (exact) mass is 636 g/mol. The summed E-state index contributed by atoms with van der Waals surface area (Å²) in [5.41, 5.74) is -0.330. The second kappa shape index (κ2) is 14.1. The summed E-state index contributed by atoms with van der Waals surface area (Å²) in [4.78, 5) is 42.5. The number of rotatable bonds is 8. The predicted molar refractivity (Wildman–Crippen MR) is 161 cm³/mol. The van der Waals surface area contributed by atoms with Crippen molar-refractivity contribution in [2.24, 2.45) is 0 Å². The zero-order valence-corrected chi connectivity index (χ0v) is 26.8. The molecule has 0 unspecified atom stereocenters. The van der Waals surface area contributed by atoms with Crippen LogP contribution in [-0.4, -0.2) is 71.5 Å². The highest BCUT2D eigenvalue weighted by molar-refractivity contribution is 7.86. The standard InChI is InChI=1S/C29H40N4O10S/c1-17-12-13-19(23-18(2)10-9-11-21(23)44(38,39)40)24(35)20(17)16-22(34)31-14-15-41-33(27(37)43-29(6,7)8)25(30)32-26(36)42-28(3,4)5/h9-13,35H,14-16H2,1-8H3,(H,31,34)(H2,30,32,36)(H,38,39,40). The minimum Gasteiger partial charge on any atom is -0.507 e. The molecule has 0 saturated heterocycles. The van der Waals surface area contributed by atoms with Crippen LogP contribution in [0.25, 0.3) is 11.1 Å². The summed E-state index contributed by atoms with van der Waals surface area (Å²) in [6.07, 6.45) is -2.40. The van der Waals surface area contributed by atoms with Crippen molar-refractivity contribution in [3.8, 4) is 16.9 Å². The zero-order valence-electron chi connectivity index (χ0n) is 26.0. The van der Waals surface area contributed by atoms with Crippen LogP contribution >= 0.6 is 0 Å². The average Bonchev–Trinajstić information content (AvgIpc) is 2.83. The normalized spacial score (nSPS) is 11.8. The van der Waals surface area contributed by atoms with E-state index >= 15 is 0 Å². The lowest BCUT2D eigenvalue weighted by molar-refractivity contribution is -0.122. The van der Waals surface area contributed by atoms with Gasteiger partial charge >= 0.3 is 12.2 Å². The van der Waals surface area contributed by atoms with Gasteiger partial charge in [-0.2, -0.15) is 8.42 Å². The van der Waals surface area contributed by atoms with Crippen molar-refractivity contribution < 1.29 is 46.8 Å². The topological polar surface area (TPSA) is 205 Å². The fourth-order valence-corrected chi connectivity index (χ4v) is 4.66. The number of amides is 3. The largest absolute Gasteiger partial charge is 0.507 e. The maximum atomic E-state index is 12.8. The van der Waals surface area contributed by atoms with Crippen molar-refractivity contribution in [3.63, 3.8) is 0 Å². The number of hydrogen-bond acceptors (Lipinski definition) is 10. The summed E-state index contributed by atoms with van der Waals surface area (Å²) in [5, 5.41) is 24.3. The van der Waals surface area contributed by atoms with Crippen LogP contribution in [0.5, 0.6) is 5.75 Å². The second-order valence-corrected chi connectivity index (χ2v) is 13.2. The fourth-order valence-electron chi connectivity index (χ4n) is 3.88. The number of hydroxylamine groups is 2. The Balaban J connectivity index is 2.15. The van der Waals surface area contributed by atoms with Crippen LogP contribution in [0.1, 0.15) is 58.2 Å². The Morgan fingerprint density at radius 1 is 0.955 bits per heavy atom. The SMILES string of the molecule is Cc1ccc(-c2c(C)cccc2S(=O)(=O)O)c(O)c1CC(=O)NCCON(C(=N)NC(=O)OC(C)(C)C)C(=O)OC(C)(C)C. The first-order valence-corrected chi connectivity index (χ1v) is 14.9. The maximum Gasteiger partial charge on any atom is 0.442 e. The number of alkyl carbamates (subject to hydrolysis) is 1. The number of benzene rings is 2. The van der Waals surface area contributed by atoms with Gasteiger partial charge in [0, 0.05) is 23.2 Å². The molecule has 2 rings (SSSR count). The number of aryl methyl sites for hydroxylation is 2. The van der Waals surface area contributed by atoms with Gasteiger partial charge < -0.3 is 19.9 Å². The van der Waals surface area contributed by atoms with Gasteiger partial charge in [0.05, 0.1) is 13.0 Å². The van der Waals surface area contributed by atoms with Gasteiger partial charge in [-0.25, -0.2) is 9.59 Å². The Morgan fingerprint density at radius 3 is 2.14 bits per heavy atom. The quantitative estimate of drug-likeness (QED) is 0.0917. The van der Waals surface area contributed by atoms with Gasteiger partial charge in [0.25, 0.3) is 10.1 Å². The van der Waals surface area contributed by atoms with E-state index in [1.165, 1.54) is 18.2 Å². The maximum absolute atomic E-state index is 12.8. The lowest BCUT2D eigenvalue weighted by Gasteiger charge is -2.27. The first-order valence-electron chi connectivity index (χ1n) is 13.5. The molecule has 0 aliphatic rings. The van der Waals surface area contributed by atoms with Crippen LogP contribution < -0.4 is 10.6 Å². The van der Waals surface area contributed by atoms with Gasteiger partial charge in [-0.05, 0) is 72.6 Å². The molecule has 3 amide bonds. The molecule has 5 N–H and O–H groups in total. The molecule has 0 aliphatic carbocycles. The molecule has 0 heterocycles. The number of guanidine groups is 1. The van der Waals surface area contributed by atoms with Crippen molar-refractivity contribution in [1.29, 1.82) is 5.41 Å². The Bertz CT molecular complexity index is 1530. The highest BCUT2D eigenvalue weighted by atomic mass is 32.2. The van der Waals surface area contributed by atoms with Gasteiger partial charge in [0.15, 0.2) is 0 Å². The van der Waals surface area contributed by atoms with E-state index in [1.54, 1.807) is 67.5 Å². The van der Waals surface area contributed by atoms with E-state index in [0.717, 1.165) is 0 Å². The van der Waals surface area contributed by atoms with Crippen molar-refractivity contribution in [2.45, 2.75) is 77.9 Å². The Labute approximate surface area is 256 Å². The van der Waals surface area contributed by atoms with Crippen LogP contribution in [-0.2, 0) is 35.6 Å². The molecule has 0 aliphatic heterocycles. The van der Waals surface area contributed by atoms with Crippen molar-refractivity contribution in [2.75, 3.05) is 13.2 Å². The molecule has 15 heteroatoms. The summed E-state index contributed by atoms with van der Waals surface area (Å²) >= 11 is 0. The molecular formula is C29H40N4O10S. The number of nitrogens with zero attached hydrogens (tertiary/aromatic N) is 1. The number of phenolic OH excluding ortho intramolecular Hbond substituents is 1. The predicted octanol–water partition coefficient (Wildman–Crippen LogP) is 4.21. The highest BCUT2D eigenvalue weighted by Crippen LogP contribution is 2.39. The number of nitrogens with one attached hydrogen (secondary N) is 3. The fraction of sp³-hybridized carbons (Fsp3) is 0.448. The zero-order chi connectivity index (χ0) is 33.6. The van der Waals surface area contributed by atoms with Crippen LogP contribution in [0.2, 0.25) is 0 Å². The summed E-state index contributed by atoms with van der Waals surface area (Å²) in [6.45, 7) is 12.5. The average molecular weight is 637 g/mol. The minimum atomic E-state index is -4.61. The molecule has 0 bridgehead atoms. The van der Waals surface area contributed by atoms with Crippen molar-refractivity contribution in [3.05, 3.63) is 47.0 Å². The third kappa shape index (κ3) is 10.5. The van der Waals surface area contributed by atoms with Crippen LogP contribution in [0.4, 0.5) is 9.59 Å². The van der Waals surface area contributed by atoms with Crippen molar-refractivity contribution in [1.82, 2.24) is 15.7 Å². The van der Waals surface area contributed by atoms with Crippen LogP contribution in [0.3, 0.4) is 0 Å². The summed E-state index contributed by atoms with van der Waals surface area (Å²) in [7, 11) is -4.61. The number of aromatic hydroxyl groups is 1. The van der Waals surface area contributed by atoms with E-state index in [0.29, 0.717) is 16.2 Å². The molecule has 242 valence electrons. The first-order chi connectivity index (χ1) is 20.1. The molecule has 0 atom stereocenters. The van der Waals surface area contributed by atoms with E-state index in [-0.39, 0.29) is 46.9 Å². The van der Waals surface area contributed by atoms with Gasteiger partial charge in [-0.15, -0.1) is 5.06 Å². The molecule has 2 aromatic carbocycles. The molecule has 0 radical (unpaired) electrons. The van der Waals surface area contributed by atoms with Gasteiger partial charge in [-0.3, -0.25) is 24.9 Å². The van der Waals surface area contributed by atoms with Crippen LogP contribution in [0.15, 0.2) is 35.2 Å². The van der Waals surface area contributed by atoms with Gasteiger partial charge in [0.1, 0.15) is 21.8 Å². The van der Waals surface area contributed by atoms with E-state index in [2.05, 4.69) is 10.6 Å². The van der Waals surface area contributed by atoms with Gasteiger partial charge in [-0.1, -0.05) is 24.3 Å². The number of ether oxygens (including phenoxy) is 2. The molecule has 0 saturated carbocycles. The molecule has 0 fully saturated rings. The molecule has 0 spiro atoms. The number of carbonyl (C=O) groups is 3. The van der Waals surface area contributed by atoms with Gasteiger partial charge in [0.2, 0.25) is 11.9 Å². The lowest BCUT2D eigenvalue weighted by atomic mass is 9.93. The molecule has 44 heavy (non-hydrogen) atoms. The first kappa shape index (κ1) is 36.0. The Hall–Kier alpha value is -4.21. The van der Waals surface area contributed by atoms with E-state index in [9.17, 15) is 32.5 Å². The van der Waals surface area contributed by atoms with E-state index in [4.69, 9.17) is 19.7 Å². The summed E-state index contributed by atoms with van der Waals surface area (Å²) in [6, 6.07) is 7.42. The van der Waals surface area contributed by atoms with Crippen molar-refractivity contribution >= 4 is 34.2 Å². The highest BCUT2D eigenvalue weighted by Gasteiger charge is 2.29. The Kier molecular flexibility index (Phi) is 11.5. The Morgan fingerprint density at radius 2 is 1.57 bits per heavy atom. The third-order valence-electron chi connectivity index (χ3n) is 5.66. The third-order valence-corrected chi connectivity index (χ3v) is 6.56. The summed E-state index contributed by atoms with van der Waals surface area (Å²) in [5.74, 6) is -1.65. The molecule has 0 aromatic heterocycles. The van der Waals surface area contributed by atoms with E-state index in [1.807, 2.05) is 0 Å². The molecule has 2 aromatic rings. The molecular weight excluding hydrogens is 596 g/mol. The molecule has 14 nitrogen and oxygen atoms in total. The second-order valence-electron chi connectivity index (χ2n) is 11.8. The van der Waals surface area contributed by atoms with E-state index < -0.39 is 45.4 Å². The number of hydrogen-bond donors (Lipinski definition) is 5. The van der Waals surface area contributed by atoms with Crippen LogP contribution in [0, 0.1) is 19.3 Å². The minimum absolute atomic E-state index is 0.104. The lowest BCUT2D eigenvalue weighted by Crippen LogP contribution is -2.50. The summed E-state index contributed by atoms with van der Waals surface area (Å²) < 4.78 is 44.1. The number of phenols is 1. The number of carbonyl (C=O) groups excluding carboxylic acids is 3. The smallest absolute Gasteiger partial charge is 0.442 e.